The predicted molar refractivity (Wildman–Crippen MR) is 110 cm³/mol. The third kappa shape index (κ3) is 6.11. The summed E-state index contributed by atoms with van der Waals surface area (Å²) in [5, 5.41) is 21.0. The number of rotatable bonds is 11. The van der Waals surface area contributed by atoms with Crippen LogP contribution in [-0.2, 0) is 32.3 Å². The molecule has 8 nitrogen and oxygen atoms in total. The standard InChI is InChI=1S/C22H28N2O6/c1-13-7-3-5-9-15(13)11-29-19(21(23)27)17(25)18(26)20(22(24)28)30-12-16-10-6-4-8-14(16)2/h3-10,17-20,25-26H,11-12H2,1-2H3,(H2,23,27)(H2,24,28)/t17-,18-,19-,20?/m1/s1. The van der Waals surface area contributed by atoms with Gasteiger partial charge in [0.15, 0.2) is 12.2 Å². The number of nitrogens with two attached hydrogens (primary N) is 2. The number of benzene rings is 2. The highest BCUT2D eigenvalue weighted by Crippen LogP contribution is 2.17. The average Bonchev–Trinajstić information content (AvgIpc) is 2.70. The van der Waals surface area contributed by atoms with Crippen molar-refractivity contribution in [3.05, 3.63) is 70.8 Å². The van der Waals surface area contributed by atoms with Gasteiger partial charge in [-0.15, -0.1) is 0 Å². The van der Waals surface area contributed by atoms with E-state index in [1.165, 1.54) is 0 Å². The molecule has 2 rings (SSSR count). The lowest BCUT2D eigenvalue weighted by molar-refractivity contribution is -0.167. The van der Waals surface area contributed by atoms with Crippen LogP contribution < -0.4 is 11.5 Å². The number of primary amides is 2. The fourth-order valence-electron chi connectivity index (χ4n) is 2.96. The summed E-state index contributed by atoms with van der Waals surface area (Å²) >= 11 is 0. The molecule has 2 aromatic rings. The summed E-state index contributed by atoms with van der Waals surface area (Å²) in [7, 11) is 0. The molecule has 8 heteroatoms. The van der Waals surface area contributed by atoms with Gasteiger partial charge < -0.3 is 31.2 Å². The minimum Gasteiger partial charge on any atom is -0.387 e. The van der Waals surface area contributed by atoms with Gasteiger partial charge in [0.1, 0.15) is 12.2 Å². The maximum atomic E-state index is 11.8. The Morgan fingerprint density at radius 3 is 1.40 bits per heavy atom. The number of amides is 2. The topological polar surface area (TPSA) is 145 Å². The Labute approximate surface area is 175 Å². The SMILES string of the molecule is Cc1ccccc1COC(C(N)=O)[C@H](O)[C@@H](O)[C@@H](OCc1ccccc1C)C(N)=O. The Bertz CT molecular complexity index is 801. The number of aliphatic hydroxyl groups is 2. The summed E-state index contributed by atoms with van der Waals surface area (Å²) in [5.74, 6) is -1.98. The molecule has 0 saturated heterocycles. The van der Waals surface area contributed by atoms with Gasteiger partial charge in [0, 0.05) is 0 Å². The zero-order chi connectivity index (χ0) is 22.3. The zero-order valence-electron chi connectivity index (χ0n) is 17.0. The van der Waals surface area contributed by atoms with Crippen molar-refractivity contribution in [1.29, 1.82) is 0 Å². The smallest absolute Gasteiger partial charge is 0.249 e. The molecule has 0 spiro atoms. The number of hydrogen-bond acceptors (Lipinski definition) is 6. The molecule has 1 unspecified atom stereocenters. The third-order valence-electron chi connectivity index (χ3n) is 4.89. The third-order valence-corrected chi connectivity index (χ3v) is 4.89. The normalized spacial score (nSPS) is 15.2. The van der Waals surface area contributed by atoms with E-state index in [1.807, 2.05) is 38.1 Å². The highest BCUT2D eigenvalue weighted by Gasteiger charge is 2.39. The molecule has 0 saturated carbocycles. The van der Waals surface area contributed by atoms with Crippen LogP contribution in [0.25, 0.3) is 0 Å². The second-order valence-electron chi connectivity index (χ2n) is 7.10. The Balaban J connectivity index is 2.09. The van der Waals surface area contributed by atoms with Gasteiger partial charge in [0.05, 0.1) is 13.2 Å². The van der Waals surface area contributed by atoms with E-state index in [-0.39, 0.29) is 13.2 Å². The lowest BCUT2D eigenvalue weighted by atomic mass is 10.0. The van der Waals surface area contributed by atoms with E-state index in [0.717, 1.165) is 22.3 Å². The fourth-order valence-corrected chi connectivity index (χ4v) is 2.96. The van der Waals surface area contributed by atoms with Crippen molar-refractivity contribution in [3.63, 3.8) is 0 Å². The second-order valence-corrected chi connectivity index (χ2v) is 7.10. The van der Waals surface area contributed by atoms with Gasteiger partial charge in [-0.05, 0) is 36.1 Å². The molecule has 0 aliphatic rings. The number of carbonyl (C=O) groups excluding carboxylic acids is 2. The second kappa shape index (κ2) is 10.8. The summed E-state index contributed by atoms with van der Waals surface area (Å²) in [5.41, 5.74) is 14.1. The zero-order valence-corrected chi connectivity index (χ0v) is 17.0. The molecule has 4 atom stereocenters. The van der Waals surface area contributed by atoms with Crippen molar-refractivity contribution >= 4 is 11.8 Å². The van der Waals surface area contributed by atoms with E-state index in [9.17, 15) is 19.8 Å². The Morgan fingerprint density at radius 2 is 1.10 bits per heavy atom. The predicted octanol–water partition coefficient (Wildman–Crippen LogP) is 0.466. The van der Waals surface area contributed by atoms with Crippen LogP contribution in [0.2, 0.25) is 0 Å². The van der Waals surface area contributed by atoms with E-state index in [2.05, 4.69) is 0 Å². The fraction of sp³-hybridized carbons (Fsp3) is 0.364. The molecule has 0 bridgehead atoms. The number of aryl methyl sites for hydroxylation is 2. The first-order valence-corrected chi connectivity index (χ1v) is 9.49. The lowest BCUT2D eigenvalue weighted by Crippen LogP contribution is -2.54. The quantitative estimate of drug-likeness (QED) is 0.419. The molecular formula is C22H28N2O6. The van der Waals surface area contributed by atoms with Crippen molar-refractivity contribution in [2.24, 2.45) is 11.5 Å². The molecule has 6 N–H and O–H groups in total. The molecular weight excluding hydrogens is 388 g/mol. The molecule has 0 aliphatic carbocycles. The van der Waals surface area contributed by atoms with Crippen LogP contribution in [0.1, 0.15) is 22.3 Å². The summed E-state index contributed by atoms with van der Waals surface area (Å²) < 4.78 is 10.9. The van der Waals surface area contributed by atoms with Gasteiger partial charge in [0.25, 0.3) is 0 Å². The highest BCUT2D eigenvalue weighted by atomic mass is 16.5. The lowest BCUT2D eigenvalue weighted by Gasteiger charge is -2.29. The average molecular weight is 416 g/mol. The highest BCUT2D eigenvalue weighted by molar-refractivity contribution is 5.81. The van der Waals surface area contributed by atoms with Gasteiger partial charge in [0.2, 0.25) is 11.8 Å². The van der Waals surface area contributed by atoms with Crippen LogP contribution in [-0.4, -0.2) is 46.4 Å². The van der Waals surface area contributed by atoms with E-state index in [4.69, 9.17) is 20.9 Å². The van der Waals surface area contributed by atoms with Crippen LogP contribution in [0.3, 0.4) is 0 Å². The molecule has 2 amide bonds. The summed E-state index contributed by atoms with van der Waals surface area (Å²) in [6.45, 7) is 3.70. The van der Waals surface area contributed by atoms with Crippen LogP contribution in [0.5, 0.6) is 0 Å². The molecule has 2 aromatic carbocycles. The van der Waals surface area contributed by atoms with Crippen LogP contribution in [0.15, 0.2) is 48.5 Å². The maximum absolute atomic E-state index is 11.8. The molecule has 0 radical (unpaired) electrons. The molecule has 30 heavy (non-hydrogen) atoms. The molecule has 0 aliphatic heterocycles. The summed E-state index contributed by atoms with van der Waals surface area (Å²) in [4.78, 5) is 23.7. The van der Waals surface area contributed by atoms with E-state index < -0.39 is 36.2 Å². The molecule has 0 fully saturated rings. The van der Waals surface area contributed by atoms with Crippen molar-refractivity contribution in [2.45, 2.75) is 51.5 Å². The van der Waals surface area contributed by atoms with Crippen LogP contribution in [0.4, 0.5) is 0 Å². The van der Waals surface area contributed by atoms with E-state index in [0.29, 0.717) is 0 Å². The van der Waals surface area contributed by atoms with Crippen molar-refractivity contribution in [1.82, 2.24) is 0 Å². The first kappa shape index (κ1) is 23.5. The number of carbonyl (C=O) groups is 2. The minimum absolute atomic E-state index is 0.0185. The van der Waals surface area contributed by atoms with Crippen molar-refractivity contribution in [2.75, 3.05) is 0 Å². The first-order valence-electron chi connectivity index (χ1n) is 9.49. The van der Waals surface area contributed by atoms with Crippen molar-refractivity contribution in [3.8, 4) is 0 Å². The molecule has 162 valence electrons. The Kier molecular flexibility index (Phi) is 8.49. The largest absolute Gasteiger partial charge is 0.387 e. The number of ether oxygens (including phenoxy) is 2. The van der Waals surface area contributed by atoms with E-state index in [1.54, 1.807) is 24.3 Å². The minimum atomic E-state index is -1.82. The van der Waals surface area contributed by atoms with Gasteiger partial charge in [-0.25, -0.2) is 0 Å². The first-order chi connectivity index (χ1) is 14.2. The number of aliphatic hydroxyl groups excluding tert-OH is 2. The molecule has 0 aromatic heterocycles. The van der Waals surface area contributed by atoms with Gasteiger partial charge in [-0.1, -0.05) is 48.5 Å². The van der Waals surface area contributed by atoms with Crippen molar-refractivity contribution < 1.29 is 29.3 Å². The van der Waals surface area contributed by atoms with Gasteiger partial charge in [-0.3, -0.25) is 9.59 Å². The Morgan fingerprint density at radius 1 is 0.767 bits per heavy atom. The number of hydrogen-bond donors (Lipinski definition) is 4. The Hall–Kier alpha value is -2.78. The molecule has 0 heterocycles. The summed E-state index contributed by atoms with van der Waals surface area (Å²) in [6.07, 6.45) is -6.77. The van der Waals surface area contributed by atoms with Gasteiger partial charge in [-0.2, -0.15) is 0 Å². The van der Waals surface area contributed by atoms with Crippen LogP contribution >= 0.6 is 0 Å². The maximum Gasteiger partial charge on any atom is 0.249 e. The van der Waals surface area contributed by atoms with Gasteiger partial charge >= 0.3 is 0 Å². The van der Waals surface area contributed by atoms with Crippen LogP contribution in [0, 0.1) is 13.8 Å². The summed E-state index contributed by atoms with van der Waals surface area (Å²) in [6, 6.07) is 14.6. The monoisotopic (exact) mass is 416 g/mol. The van der Waals surface area contributed by atoms with E-state index >= 15 is 0 Å².